The number of fused-ring (bicyclic) bond motifs is 1. The third-order valence-corrected chi connectivity index (χ3v) is 7.59. The zero-order chi connectivity index (χ0) is 28.6. The standard InChI is InChI=1S/C29H33N5O5S/c1-4-13-33-23-12-11-21(15-26(23)39-28(33)32(3)5-2)27(36)31-17-25(35)24(14-20-9-7-6-8-10-20)34(29(37)38)18-22-16-30-19-40-22/h1,6-12,15-16,19,24-25,28,35H,5,13-14,17-18H2,2-3H3,(H,31,36)(H,37,38)/t24-,25-,28?/m0/s1. The molecule has 40 heavy (non-hydrogen) atoms. The molecule has 1 unspecified atom stereocenters. The molecule has 210 valence electrons. The molecule has 3 N–H and O–H groups in total. The first-order chi connectivity index (χ1) is 19.3. The van der Waals surface area contributed by atoms with Crippen molar-refractivity contribution in [2.24, 2.45) is 0 Å². The molecule has 11 heteroatoms. The highest BCUT2D eigenvalue weighted by Crippen LogP contribution is 2.38. The largest absolute Gasteiger partial charge is 0.465 e. The summed E-state index contributed by atoms with van der Waals surface area (Å²) in [6.45, 7) is 3.03. The Morgan fingerprint density at radius 2 is 2.05 bits per heavy atom. The molecular formula is C29H33N5O5S. The number of aliphatic hydroxyl groups excluding tert-OH is 1. The molecule has 3 atom stereocenters. The van der Waals surface area contributed by atoms with E-state index in [0.717, 1.165) is 22.7 Å². The van der Waals surface area contributed by atoms with Gasteiger partial charge in [0.15, 0.2) is 0 Å². The number of thiazole rings is 1. The smallest absolute Gasteiger partial charge is 0.407 e. The monoisotopic (exact) mass is 563 g/mol. The second-order valence-corrected chi connectivity index (χ2v) is 10.4. The summed E-state index contributed by atoms with van der Waals surface area (Å²) < 4.78 is 6.10. The lowest BCUT2D eigenvalue weighted by Gasteiger charge is -2.33. The number of hydrogen-bond donors (Lipinski definition) is 3. The van der Waals surface area contributed by atoms with Crippen molar-refractivity contribution in [1.29, 1.82) is 0 Å². The van der Waals surface area contributed by atoms with Crippen LogP contribution in [0.3, 0.4) is 0 Å². The van der Waals surface area contributed by atoms with Gasteiger partial charge in [0.1, 0.15) is 5.75 Å². The van der Waals surface area contributed by atoms with Gasteiger partial charge in [0.2, 0.25) is 6.35 Å². The van der Waals surface area contributed by atoms with Crippen LogP contribution in [0, 0.1) is 12.3 Å². The van der Waals surface area contributed by atoms with E-state index in [2.05, 4.69) is 16.2 Å². The third kappa shape index (κ3) is 6.71. The third-order valence-electron chi connectivity index (χ3n) is 6.83. The van der Waals surface area contributed by atoms with Crippen LogP contribution in [0.4, 0.5) is 10.5 Å². The number of hydrogen-bond acceptors (Lipinski definition) is 8. The molecule has 1 aliphatic heterocycles. The van der Waals surface area contributed by atoms with Gasteiger partial charge in [-0.25, -0.2) is 4.79 Å². The lowest BCUT2D eigenvalue weighted by Crippen LogP contribution is -2.51. The minimum absolute atomic E-state index is 0.0756. The lowest BCUT2D eigenvalue weighted by atomic mass is 9.99. The lowest BCUT2D eigenvalue weighted by molar-refractivity contribution is 0.0437. The number of carboxylic acid groups (broad SMARTS) is 1. The second kappa shape index (κ2) is 13.3. The van der Waals surface area contributed by atoms with Crippen LogP contribution in [0.2, 0.25) is 0 Å². The molecule has 1 aromatic heterocycles. The van der Waals surface area contributed by atoms with E-state index in [9.17, 15) is 19.8 Å². The molecule has 10 nitrogen and oxygen atoms in total. The number of aromatic nitrogens is 1. The highest BCUT2D eigenvalue weighted by atomic mass is 32.1. The van der Waals surface area contributed by atoms with Crippen molar-refractivity contribution in [3.05, 3.63) is 76.2 Å². The molecule has 2 heterocycles. The summed E-state index contributed by atoms with van der Waals surface area (Å²) in [4.78, 5) is 35.3. The SMILES string of the molecule is C#CCN1c2ccc(C(=O)NC[C@H](O)[C@H](Cc3ccccc3)N(Cc3cncs3)C(=O)O)cc2OC1N(C)CC. The van der Waals surface area contributed by atoms with E-state index in [4.69, 9.17) is 11.2 Å². The molecule has 0 aliphatic carbocycles. The summed E-state index contributed by atoms with van der Waals surface area (Å²) in [5.41, 5.74) is 3.65. The van der Waals surface area contributed by atoms with E-state index in [-0.39, 0.29) is 25.9 Å². The Bertz CT molecular complexity index is 1330. The molecule has 0 radical (unpaired) electrons. The quantitative estimate of drug-likeness (QED) is 0.288. The number of carbonyl (C=O) groups excluding carboxylic acids is 1. The number of amides is 2. The maximum absolute atomic E-state index is 13.1. The van der Waals surface area contributed by atoms with E-state index in [1.54, 1.807) is 29.9 Å². The van der Waals surface area contributed by atoms with E-state index < -0.39 is 24.1 Å². The van der Waals surface area contributed by atoms with Crippen LogP contribution in [0.5, 0.6) is 5.75 Å². The van der Waals surface area contributed by atoms with Gasteiger partial charge in [-0.15, -0.1) is 17.8 Å². The van der Waals surface area contributed by atoms with Crippen LogP contribution in [0.1, 0.15) is 27.7 Å². The number of nitrogens with one attached hydrogen (secondary N) is 1. The number of anilines is 1. The first-order valence-electron chi connectivity index (χ1n) is 12.9. The Hall–Kier alpha value is -4.11. The van der Waals surface area contributed by atoms with Crippen molar-refractivity contribution in [3.63, 3.8) is 0 Å². The molecule has 3 aromatic rings. The predicted octanol–water partition coefficient (Wildman–Crippen LogP) is 3.09. The van der Waals surface area contributed by atoms with Crippen LogP contribution in [0.25, 0.3) is 0 Å². The fraction of sp³-hybridized carbons (Fsp3) is 0.345. The number of ether oxygens (including phenoxy) is 1. The van der Waals surface area contributed by atoms with Gasteiger partial charge in [-0.2, -0.15) is 0 Å². The highest BCUT2D eigenvalue weighted by molar-refractivity contribution is 7.09. The Kier molecular flexibility index (Phi) is 9.60. The molecular weight excluding hydrogens is 530 g/mol. The minimum atomic E-state index is -1.17. The van der Waals surface area contributed by atoms with Crippen LogP contribution in [-0.4, -0.2) is 82.2 Å². The van der Waals surface area contributed by atoms with E-state index >= 15 is 0 Å². The molecule has 0 saturated carbocycles. The van der Waals surface area contributed by atoms with Gasteiger partial charge in [0.05, 0.1) is 36.4 Å². The van der Waals surface area contributed by atoms with E-state index in [1.165, 1.54) is 16.2 Å². The molecule has 1 aliphatic rings. The number of rotatable bonds is 12. The van der Waals surface area contributed by atoms with Gasteiger partial charge in [-0.3, -0.25) is 19.6 Å². The Labute approximate surface area is 237 Å². The van der Waals surface area contributed by atoms with Crippen molar-refractivity contribution in [2.45, 2.75) is 38.4 Å². The topological polar surface area (TPSA) is 118 Å². The maximum atomic E-state index is 13.1. The van der Waals surface area contributed by atoms with Crippen LogP contribution in [-0.2, 0) is 13.0 Å². The minimum Gasteiger partial charge on any atom is -0.465 e. The molecule has 0 bridgehead atoms. The van der Waals surface area contributed by atoms with Gasteiger partial charge >= 0.3 is 6.09 Å². The summed E-state index contributed by atoms with van der Waals surface area (Å²) in [6.07, 6.45) is 4.73. The van der Waals surface area contributed by atoms with Crippen LogP contribution >= 0.6 is 11.3 Å². The van der Waals surface area contributed by atoms with E-state index in [0.29, 0.717) is 17.9 Å². The second-order valence-electron chi connectivity index (χ2n) is 9.44. The van der Waals surface area contributed by atoms with Crippen molar-refractivity contribution in [1.82, 2.24) is 20.1 Å². The van der Waals surface area contributed by atoms with Gasteiger partial charge in [-0.05, 0) is 37.2 Å². The number of nitrogens with zero attached hydrogens (tertiary/aromatic N) is 4. The Morgan fingerprint density at radius 3 is 2.70 bits per heavy atom. The average molecular weight is 564 g/mol. The molecule has 2 aromatic carbocycles. The summed E-state index contributed by atoms with van der Waals surface area (Å²) in [5, 5.41) is 24.0. The average Bonchev–Trinajstić information content (AvgIpc) is 3.61. The number of benzene rings is 2. The van der Waals surface area contributed by atoms with Gasteiger partial charge in [-0.1, -0.05) is 43.2 Å². The van der Waals surface area contributed by atoms with E-state index in [1.807, 2.05) is 54.1 Å². The van der Waals surface area contributed by atoms with Crippen LogP contribution < -0.4 is 15.0 Å². The predicted molar refractivity (Wildman–Crippen MR) is 153 cm³/mol. The zero-order valence-electron chi connectivity index (χ0n) is 22.4. The molecule has 0 spiro atoms. The van der Waals surface area contributed by atoms with Gasteiger partial charge < -0.3 is 25.2 Å². The normalized spacial score (nSPS) is 15.6. The summed E-state index contributed by atoms with van der Waals surface area (Å²) >= 11 is 1.34. The fourth-order valence-electron chi connectivity index (χ4n) is 4.59. The number of aliphatic hydroxyl groups is 1. The number of carbonyl (C=O) groups is 2. The molecule has 4 rings (SSSR count). The Morgan fingerprint density at radius 1 is 1.27 bits per heavy atom. The maximum Gasteiger partial charge on any atom is 0.407 e. The van der Waals surface area contributed by atoms with Crippen molar-refractivity contribution in [3.8, 4) is 18.1 Å². The summed E-state index contributed by atoms with van der Waals surface area (Å²) in [5.74, 6) is 2.78. The molecule has 2 amide bonds. The fourth-order valence-corrected chi connectivity index (χ4v) is 5.18. The van der Waals surface area contributed by atoms with Crippen molar-refractivity contribution in [2.75, 3.05) is 31.6 Å². The first-order valence-corrected chi connectivity index (χ1v) is 13.8. The zero-order valence-corrected chi connectivity index (χ0v) is 23.3. The summed E-state index contributed by atoms with van der Waals surface area (Å²) in [7, 11) is 1.93. The summed E-state index contributed by atoms with van der Waals surface area (Å²) in [6, 6.07) is 13.7. The molecule has 0 fully saturated rings. The van der Waals surface area contributed by atoms with Crippen molar-refractivity contribution >= 4 is 29.0 Å². The van der Waals surface area contributed by atoms with Crippen molar-refractivity contribution < 1.29 is 24.5 Å². The highest BCUT2D eigenvalue weighted by Gasteiger charge is 2.34. The van der Waals surface area contributed by atoms with Gasteiger partial charge in [0, 0.05) is 29.7 Å². The number of terminal acetylenes is 1. The van der Waals surface area contributed by atoms with Crippen LogP contribution in [0.15, 0.2) is 60.2 Å². The molecule has 0 saturated heterocycles. The first kappa shape index (κ1) is 28.9. The van der Waals surface area contributed by atoms with Gasteiger partial charge in [0.25, 0.3) is 5.91 Å². The Balaban J connectivity index is 1.49.